The van der Waals surface area contributed by atoms with Gasteiger partial charge in [0.2, 0.25) is 11.8 Å². The highest BCUT2D eigenvalue weighted by molar-refractivity contribution is 6.30. The van der Waals surface area contributed by atoms with E-state index < -0.39 is 0 Å². The highest BCUT2D eigenvalue weighted by Gasteiger charge is 2.13. The maximum atomic E-state index is 5.87. The Kier molecular flexibility index (Phi) is 4.92. The van der Waals surface area contributed by atoms with Crippen molar-refractivity contribution in [3.63, 3.8) is 0 Å². The summed E-state index contributed by atoms with van der Waals surface area (Å²) in [6.07, 6.45) is 0. The van der Waals surface area contributed by atoms with Crippen LogP contribution in [0.3, 0.4) is 0 Å². The lowest BCUT2D eigenvalue weighted by atomic mass is 10.2. The van der Waals surface area contributed by atoms with Gasteiger partial charge in [-0.05, 0) is 56.3 Å². The Morgan fingerprint density at radius 3 is 2.68 bits per heavy atom. The van der Waals surface area contributed by atoms with Crippen LogP contribution in [-0.4, -0.2) is 33.2 Å². The molecule has 0 aliphatic carbocycles. The van der Waals surface area contributed by atoms with Gasteiger partial charge in [-0.3, -0.25) is 0 Å². The van der Waals surface area contributed by atoms with Crippen molar-refractivity contribution in [2.45, 2.75) is 26.5 Å². The van der Waals surface area contributed by atoms with Gasteiger partial charge >= 0.3 is 0 Å². The lowest BCUT2D eigenvalue weighted by Crippen LogP contribution is -2.26. The molecule has 0 amide bonds. The second-order valence-electron chi connectivity index (χ2n) is 6.75. The van der Waals surface area contributed by atoms with E-state index in [-0.39, 0.29) is 6.61 Å². The van der Waals surface area contributed by atoms with E-state index in [1.54, 1.807) is 24.3 Å². The van der Waals surface area contributed by atoms with Crippen LogP contribution in [0.15, 0.2) is 47.0 Å². The molecule has 2 aromatic heterocycles. The van der Waals surface area contributed by atoms with Crippen molar-refractivity contribution < 1.29 is 9.26 Å². The molecule has 144 valence electrons. The number of aromatic nitrogens is 4. The first-order valence-electron chi connectivity index (χ1n) is 8.93. The van der Waals surface area contributed by atoms with E-state index in [1.165, 1.54) is 0 Å². The molecular formula is C20H20ClN5O2. The van der Waals surface area contributed by atoms with Gasteiger partial charge in [0, 0.05) is 23.7 Å². The van der Waals surface area contributed by atoms with Crippen molar-refractivity contribution in [2.75, 3.05) is 11.9 Å². The van der Waals surface area contributed by atoms with Crippen molar-refractivity contribution in [1.29, 1.82) is 0 Å². The minimum atomic E-state index is 0.185. The van der Waals surface area contributed by atoms with E-state index >= 15 is 0 Å². The van der Waals surface area contributed by atoms with Gasteiger partial charge in [-0.15, -0.1) is 0 Å². The molecular weight excluding hydrogens is 378 g/mol. The van der Waals surface area contributed by atoms with Crippen molar-refractivity contribution in [1.82, 2.24) is 20.1 Å². The van der Waals surface area contributed by atoms with Gasteiger partial charge in [0.25, 0.3) is 5.89 Å². The molecule has 2 aromatic carbocycles. The summed E-state index contributed by atoms with van der Waals surface area (Å²) in [5, 5.41) is 4.71. The number of nitrogens with one attached hydrogen (secondary N) is 1. The number of hydrogen-bond donors (Lipinski definition) is 1. The fraction of sp³-hybridized carbons (Fsp3) is 0.250. The van der Waals surface area contributed by atoms with Gasteiger partial charge in [-0.2, -0.15) is 4.98 Å². The Morgan fingerprint density at radius 1 is 1.14 bits per heavy atom. The zero-order valence-corrected chi connectivity index (χ0v) is 16.6. The summed E-state index contributed by atoms with van der Waals surface area (Å²) in [5.41, 5.74) is 2.65. The predicted octanol–water partition coefficient (Wildman–Crippen LogP) is 4.69. The second-order valence-corrected chi connectivity index (χ2v) is 7.19. The number of halogens is 1. The molecule has 2 heterocycles. The Labute approximate surface area is 167 Å². The largest absolute Gasteiger partial charge is 0.484 e. The highest BCUT2D eigenvalue weighted by atomic mass is 35.5. The average Bonchev–Trinajstić information content (AvgIpc) is 3.33. The molecule has 0 atom stereocenters. The predicted molar refractivity (Wildman–Crippen MR) is 109 cm³/mol. The second kappa shape index (κ2) is 7.52. The maximum Gasteiger partial charge on any atom is 0.264 e. The SMILES string of the molecule is CC(C)N(C)c1nc2ccc(-c3noc(COc4ccc(Cl)cc4)n3)cc2[nH]1. The molecule has 8 heteroatoms. The molecule has 4 rings (SSSR count). The minimum absolute atomic E-state index is 0.185. The molecule has 7 nitrogen and oxygen atoms in total. The summed E-state index contributed by atoms with van der Waals surface area (Å²) in [7, 11) is 2.01. The standard InChI is InChI=1S/C20H20ClN5O2/c1-12(2)26(3)20-22-16-9-4-13(10-17(16)23-20)19-24-18(28-25-19)11-27-15-7-5-14(21)6-8-15/h4-10,12H,11H2,1-3H3,(H,22,23). The van der Waals surface area contributed by atoms with E-state index in [0.29, 0.717) is 28.5 Å². The summed E-state index contributed by atoms with van der Waals surface area (Å²) in [6.45, 7) is 4.42. The van der Waals surface area contributed by atoms with Crippen molar-refractivity contribution in [3.8, 4) is 17.1 Å². The van der Waals surface area contributed by atoms with Crippen LogP contribution in [0, 0.1) is 0 Å². The first-order chi connectivity index (χ1) is 13.5. The molecule has 1 N–H and O–H groups in total. The molecule has 0 unspecified atom stereocenters. The normalized spacial score (nSPS) is 11.3. The third-order valence-corrected chi connectivity index (χ3v) is 4.73. The number of rotatable bonds is 6. The lowest BCUT2D eigenvalue weighted by molar-refractivity contribution is 0.243. The number of nitrogens with zero attached hydrogens (tertiary/aromatic N) is 4. The van der Waals surface area contributed by atoms with Crippen LogP contribution >= 0.6 is 11.6 Å². The summed E-state index contributed by atoms with van der Waals surface area (Å²) in [5.74, 6) is 2.41. The summed E-state index contributed by atoms with van der Waals surface area (Å²) in [6, 6.07) is 13.3. The zero-order chi connectivity index (χ0) is 19.7. The highest BCUT2D eigenvalue weighted by Crippen LogP contribution is 2.24. The fourth-order valence-corrected chi connectivity index (χ4v) is 2.78. The fourth-order valence-electron chi connectivity index (χ4n) is 2.65. The number of anilines is 1. The van der Waals surface area contributed by atoms with E-state index in [0.717, 1.165) is 22.5 Å². The summed E-state index contributed by atoms with van der Waals surface area (Å²) < 4.78 is 10.9. The monoisotopic (exact) mass is 397 g/mol. The van der Waals surface area contributed by atoms with E-state index in [4.69, 9.17) is 20.9 Å². The van der Waals surface area contributed by atoms with Gasteiger partial charge in [0.05, 0.1) is 11.0 Å². The topological polar surface area (TPSA) is 80.1 Å². The number of aromatic amines is 1. The van der Waals surface area contributed by atoms with Crippen LogP contribution in [-0.2, 0) is 6.61 Å². The third-order valence-electron chi connectivity index (χ3n) is 4.48. The van der Waals surface area contributed by atoms with Crippen molar-refractivity contribution in [3.05, 3.63) is 53.4 Å². The van der Waals surface area contributed by atoms with E-state index in [2.05, 4.69) is 38.9 Å². The number of imidazole rings is 1. The van der Waals surface area contributed by atoms with E-state index in [9.17, 15) is 0 Å². The van der Waals surface area contributed by atoms with Gasteiger partial charge in [-0.1, -0.05) is 16.8 Å². The first-order valence-corrected chi connectivity index (χ1v) is 9.31. The number of ether oxygens (including phenoxy) is 1. The summed E-state index contributed by atoms with van der Waals surface area (Å²) >= 11 is 5.87. The molecule has 0 fully saturated rings. The van der Waals surface area contributed by atoms with Crippen LogP contribution in [0.5, 0.6) is 5.75 Å². The Balaban J connectivity index is 1.51. The number of benzene rings is 2. The molecule has 4 aromatic rings. The first kappa shape index (κ1) is 18.3. The number of H-pyrrole nitrogens is 1. The zero-order valence-electron chi connectivity index (χ0n) is 15.8. The third kappa shape index (κ3) is 3.80. The van der Waals surface area contributed by atoms with Crippen LogP contribution < -0.4 is 9.64 Å². The molecule has 28 heavy (non-hydrogen) atoms. The molecule has 0 bridgehead atoms. The van der Waals surface area contributed by atoms with Gasteiger partial charge in [-0.25, -0.2) is 4.98 Å². The quantitative estimate of drug-likeness (QED) is 0.508. The molecule has 0 aliphatic rings. The smallest absolute Gasteiger partial charge is 0.264 e. The molecule has 0 radical (unpaired) electrons. The molecule has 0 saturated carbocycles. The Hall–Kier alpha value is -3.06. The maximum absolute atomic E-state index is 5.87. The van der Waals surface area contributed by atoms with Crippen LogP contribution in [0.4, 0.5) is 5.95 Å². The minimum Gasteiger partial charge on any atom is -0.484 e. The van der Waals surface area contributed by atoms with Crippen LogP contribution in [0.1, 0.15) is 19.7 Å². The number of fused-ring (bicyclic) bond motifs is 1. The van der Waals surface area contributed by atoms with Crippen molar-refractivity contribution >= 4 is 28.6 Å². The average molecular weight is 398 g/mol. The molecule has 0 spiro atoms. The van der Waals surface area contributed by atoms with Crippen LogP contribution in [0.2, 0.25) is 5.02 Å². The lowest BCUT2D eigenvalue weighted by Gasteiger charge is -2.19. The van der Waals surface area contributed by atoms with Gasteiger partial charge < -0.3 is 19.1 Å². The Morgan fingerprint density at radius 2 is 1.93 bits per heavy atom. The molecule has 0 saturated heterocycles. The van der Waals surface area contributed by atoms with Gasteiger partial charge in [0.15, 0.2) is 6.61 Å². The van der Waals surface area contributed by atoms with E-state index in [1.807, 2.05) is 25.2 Å². The Bertz CT molecular complexity index is 1090. The van der Waals surface area contributed by atoms with Crippen LogP contribution in [0.25, 0.3) is 22.4 Å². The number of hydrogen-bond acceptors (Lipinski definition) is 6. The van der Waals surface area contributed by atoms with Gasteiger partial charge in [0.1, 0.15) is 5.75 Å². The molecule has 0 aliphatic heterocycles. The summed E-state index contributed by atoms with van der Waals surface area (Å²) in [4.78, 5) is 14.5. The van der Waals surface area contributed by atoms with Crippen molar-refractivity contribution in [2.24, 2.45) is 0 Å².